The first kappa shape index (κ1) is 18.1. The van der Waals surface area contributed by atoms with Crippen LogP contribution in [0.3, 0.4) is 0 Å². The Morgan fingerprint density at radius 3 is 2.89 bits per heavy atom. The lowest BCUT2D eigenvalue weighted by Crippen LogP contribution is -2.14. The van der Waals surface area contributed by atoms with E-state index in [9.17, 15) is 4.79 Å². The highest BCUT2D eigenvalue weighted by molar-refractivity contribution is 5.91. The van der Waals surface area contributed by atoms with Gasteiger partial charge in [-0.05, 0) is 39.2 Å². The fraction of sp³-hybridized carbons (Fsp3) is 0.421. The average molecular weight is 382 g/mol. The van der Waals surface area contributed by atoms with Gasteiger partial charge in [-0.25, -0.2) is 0 Å². The summed E-state index contributed by atoms with van der Waals surface area (Å²) in [4.78, 5) is 12.1. The van der Waals surface area contributed by atoms with E-state index in [4.69, 9.17) is 9.26 Å². The van der Waals surface area contributed by atoms with Crippen LogP contribution >= 0.6 is 0 Å². The number of carbonyl (C=O) groups is 1. The molecule has 0 aliphatic heterocycles. The molecule has 9 heteroatoms. The minimum absolute atomic E-state index is 0.0954. The molecular weight excluding hydrogens is 360 g/mol. The van der Waals surface area contributed by atoms with E-state index in [1.165, 1.54) is 0 Å². The van der Waals surface area contributed by atoms with E-state index < -0.39 is 0 Å². The number of hydrogen-bond acceptors (Lipinski definition) is 7. The molecule has 0 radical (unpaired) electrons. The van der Waals surface area contributed by atoms with Crippen LogP contribution in [0.25, 0.3) is 0 Å². The van der Waals surface area contributed by atoms with Crippen molar-refractivity contribution < 1.29 is 14.1 Å². The van der Waals surface area contributed by atoms with E-state index in [-0.39, 0.29) is 18.4 Å². The highest BCUT2D eigenvalue weighted by Crippen LogP contribution is 2.36. The average Bonchev–Trinajstić information content (AvgIpc) is 3.39. The van der Waals surface area contributed by atoms with E-state index >= 15 is 0 Å². The second-order valence-corrected chi connectivity index (χ2v) is 7.13. The molecule has 9 nitrogen and oxygen atoms in total. The minimum atomic E-state index is -0.195. The van der Waals surface area contributed by atoms with E-state index in [1.807, 2.05) is 32.0 Å². The molecule has 0 aromatic carbocycles. The fourth-order valence-electron chi connectivity index (χ4n) is 3.40. The summed E-state index contributed by atoms with van der Waals surface area (Å²) >= 11 is 0. The summed E-state index contributed by atoms with van der Waals surface area (Å²) in [5.41, 5.74) is 2.61. The van der Waals surface area contributed by atoms with Crippen LogP contribution in [0.2, 0.25) is 0 Å². The second kappa shape index (κ2) is 7.79. The third kappa shape index (κ3) is 4.36. The van der Waals surface area contributed by atoms with Gasteiger partial charge >= 0.3 is 0 Å². The topological polar surface area (TPSA) is 119 Å². The number of amides is 1. The molecule has 1 aliphatic carbocycles. The van der Waals surface area contributed by atoms with E-state index in [0.29, 0.717) is 23.4 Å². The zero-order valence-electron chi connectivity index (χ0n) is 15.8. The number of aromatic amines is 1. The van der Waals surface area contributed by atoms with Crippen molar-refractivity contribution in [2.45, 2.75) is 51.6 Å². The summed E-state index contributed by atoms with van der Waals surface area (Å²) in [7, 11) is 0. The third-order valence-electron chi connectivity index (χ3n) is 4.76. The predicted octanol–water partition coefficient (Wildman–Crippen LogP) is 2.70. The Morgan fingerprint density at radius 2 is 2.14 bits per heavy atom. The first-order valence-electron chi connectivity index (χ1n) is 9.29. The molecule has 0 unspecified atom stereocenters. The van der Waals surface area contributed by atoms with Gasteiger partial charge in [0.2, 0.25) is 11.8 Å². The quantitative estimate of drug-likeness (QED) is 0.673. The summed E-state index contributed by atoms with van der Waals surface area (Å²) in [5.74, 6) is 1.69. The zero-order valence-corrected chi connectivity index (χ0v) is 15.8. The van der Waals surface area contributed by atoms with E-state index in [1.54, 1.807) is 6.07 Å². The molecule has 0 spiro atoms. The van der Waals surface area contributed by atoms with Crippen LogP contribution in [-0.4, -0.2) is 37.6 Å². The van der Waals surface area contributed by atoms with Crippen molar-refractivity contribution in [2.24, 2.45) is 0 Å². The summed E-state index contributed by atoms with van der Waals surface area (Å²) in [6, 6.07) is 7.35. The Hall–Kier alpha value is -3.23. The number of H-pyrrole nitrogens is 1. The molecule has 0 bridgehead atoms. The SMILES string of the molecule is Cc1ccc(O[C@@H]2CC[C@H](c3cc(NC(=O)Cc4cc(C)no4)n[nH]3)C2)nn1. The molecule has 1 aliphatic rings. The highest BCUT2D eigenvalue weighted by atomic mass is 16.5. The molecule has 4 rings (SSSR count). The van der Waals surface area contributed by atoms with Crippen LogP contribution in [-0.2, 0) is 11.2 Å². The van der Waals surface area contributed by atoms with Crippen molar-refractivity contribution in [2.75, 3.05) is 5.32 Å². The molecule has 1 saturated carbocycles. The number of rotatable bonds is 6. The van der Waals surface area contributed by atoms with Gasteiger partial charge in [0.1, 0.15) is 11.9 Å². The van der Waals surface area contributed by atoms with Crippen molar-refractivity contribution >= 4 is 11.7 Å². The van der Waals surface area contributed by atoms with Gasteiger partial charge in [-0.1, -0.05) is 5.16 Å². The predicted molar refractivity (Wildman–Crippen MR) is 99.9 cm³/mol. The maximum absolute atomic E-state index is 12.1. The lowest BCUT2D eigenvalue weighted by atomic mass is 10.0. The van der Waals surface area contributed by atoms with Crippen LogP contribution in [0.15, 0.2) is 28.8 Å². The summed E-state index contributed by atoms with van der Waals surface area (Å²) in [6.45, 7) is 3.71. The normalized spacial score (nSPS) is 18.9. The van der Waals surface area contributed by atoms with Crippen molar-refractivity contribution in [3.05, 3.63) is 47.1 Å². The van der Waals surface area contributed by atoms with Crippen molar-refractivity contribution in [1.29, 1.82) is 0 Å². The third-order valence-corrected chi connectivity index (χ3v) is 4.76. The van der Waals surface area contributed by atoms with Crippen LogP contribution in [0, 0.1) is 13.8 Å². The fourth-order valence-corrected chi connectivity index (χ4v) is 3.40. The molecular formula is C19H22N6O3. The van der Waals surface area contributed by atoms with Gasteiger partial charge in [-0.15, -0.1) is 5.10 Å². The van der Waals surface area contributed by atoms with Crippen molar-refractivity contribution in [3.8, 4) is 5.88 Å². The Balaban J connectivity index is 1.30. The van der Waals surface area contributed by atoms with Gasteiger partial charge < -0.3 is 14.6 Å². The first-order chi connectivity index (χ1) is 13.5. The minimum Gasteiger partial charge on any atom is -0.473 e. The van der Waals surface area contributed by atoms with Crippen molar-refractivity contribution in [3.63, 3.8) is 0 Å². The lowest BCUT2D eigenvalue weighted by Gasteiger charge is -2.12. The summed E-state index contributed by atoms with van der Waals surface area (Å²) in [5, 5.41) is 21.9. The Kier molecular flexibility index (Phi) is 5.05. The number of hydrogen-bond donors (Lipinski definition) is 2. The zero-order chi connectivity index (χ0) is 19.5. The van der Waals surface area contributed by atoms with Gasteiger partial charge in [0.25, 0.3) is 0 Å². The van der Waals surface area contributed by atoms with Gasteiger partial charge in [-0.3, -0.25) is 9.89 Å². The van der Waals surface area contributed by atoms with E-state index in [2.05, 4.69) is 30.9 Å². The molecule has 146 valence electrons. The van der Waals surface area contributed by atoms with Crippen LogP contribution in [0.5, 0.6) is 5.88 Å². The number of carbonyl (C=O) groups excluding carboxylic acids is 1. The maximum Gasteiger partial charge on any atom is 0.233 e. The van der Waals surface area contributed by atoms with Crippen LogP contribution in [0.1, 0.15) is 48.0 Å². The maximum atomic E-state index is 12.1. The Bertz CT molecular complexity index is 949. The van der Waals surface area contributed by atoms with Crippen molar-refractivity contribution in [1.82, 2.24) is 25.6 Å². The molecule has 3 aromatic rings. The van der Waals surface area contributed by atoms with Gasteiger partial charge in [0, 0.05) is 29.8 Å². The standard InChI is InChI=1S/C19H22N6O3/c1-11-3-6-19(24-21-11)27-14-5-4-13(8-14)16-10-17(23-22-16)20-18(26)9-15-7-12(2)25-28-15/h3,6-7,10,13-14H,4-5,8-9H2,1-2H3,(H2,20,22,23,26)/t13-,14+/m0/s1. The summed E-state index contributed by atoms with van der Waals surface area (Å²) < 4.78 is 11.0. The number of ether oxygens (including phenoxy) is 1. The number of nitrogens with one attached hydrogen (secondary N) is 2. The molecule has 1 amide bonds. The highest BCUT2D eigenvalue weighted by Gasteiger charge is 2.29. The first-order valence-corrected chi connectivity index (χ1v) is 9.29. The van der Waals surface area contributed by atoms with E-state index in [0.717, 1.165) is 36.3 Å². The van der Waals surface area contributed by atoms with Gasteiger partial charge in [0.15, 0.2) is 5.82 Å². The smallest absolute Gasteiger partial charge is 0.233 e. The number of anilines is 1. The monoisotopic (exact) mass is 382 g/mol. The number of aromatic nitrogens is 5. The van der Waals surface area contributed by atoms with Crippen LogP contribution < -0.4 is 10.1 Å². The van der Waals surface area contributed by atoms with Gasteiger partial charge in [-0.2, -0.15) is 10.2 Å². The molecule has 0 saturated heterocycles. The summed E-state index contributed by atoms with van der Waals surface area (Å²) in [6.07, 6.45) is 3.00. The largest absolute Gasteiger partial charge is 0.473 e. The second-order valence-electron chi connectivity index (χ2n) is 7.13. The molecule has 1 fully saturated rings. The molecule has 2 N–H and O–H groups in total. The van der Waals surface area contributed by atoms with Gasteiger partial charge in [0.05, 0.1) is 17.8 Å². The molecule has 3 aromatic heterocycles. The Morgan fingerprint density at radius 1 is 1.25 bits per heavy atom. The lowest BCUT2D eigenvalue weighted by molar-refractivity contribution is -0.115. The molecule has 2 atom stereocenters. The molecule has 28 heavy (non-hydrogen) atoms. The number of aryl methyl sites for hydroxylation is 2. The molecule has 3 heterocycles. The Labute approximate surface area is 161 Å². The number of nitrogens with zero attached hydrogens (tertiary/aromatic N) is 4. The van der Waals surface area contributed by atoms with Crippen LogP contribution in [0.4, 0.5) is 5.82 Å².